The summed E-state index contributed by atoms with van der Waals surface area (Å²) in [6, 6.07) is 7.53. The second-order valence-electron chi connectivity index (χ2n) is 5.54. The molecule has 0 unspecified atom stereocenters. The fourth-order valence-electron chi connectivity index (χ4n) is 2.40. The quantitative estimate of drug-likeness (QED) is 0.612. The van der Waals surface area contributed by atoms with Gasteiger partial charge in [-0.15, -0.1) is 5.10 Å². The average molecular weight is 385 g/mol. The number of hydrogen-bond donors (Lipinski definition) is 2. The van der Waals surface area contributed by atoms with Crippen molar-refractivity contribution >= 4 is 11.7 Å². The van der Waals surface area contributed by atoms with Crippen molar-refractivity contribution in [1.29, 1.82) is 0 Å². The van der Waals surface area contributed by atoms with Crippen LogP contribution in [-0.2, 0) is 6.54 Å². The second-order valence-corrected chi connectivity index (χ2v) is 5.54. The first-order valence-electron chi connectivity index (χ1n) is 8.31. The smallest absolute Gasteiger partial charge is 0.319 e. The summed E-state index contributed by atoms with van der Waals surface area (Å²) in [6.45, 7) is 0.371. The molecule has 11 heteroatoms. The summed E-state index contributed by atoms with van der Waals surface area (Å²) in [5, 5.41) is 13.5. The third-order valence-corrected chi connectivity index (χ3v) is 3.77. The van der Waals surface area contributed by atoms with E-state index in [9.17, 15) is 9.59 Å². The van der Waals surface area contributed by atoms with Crippen LogP contribution < -0.4 is 25.7 Å². The average Bonchev–Trinajstić information content (AvgIpc) is 3.24. The Bertz CT molecular complexity index is 1000. The number of rotatable bonds is 7. The van der Waals surface area contributed by atoms with Crippen LogP contribution in [0.2, 0.25) is 0 Å². The molecule has 0 fully saturated rings. The van der Waals surface area contributed by atoms with Gasteiger partial charge < -0.3 is 20.1 Å². The van der Waals surface area contributed by atoms with E-state index in [1.165, 1.54) is 42.3 Å². The molecule has 2 heterocycles. The third kappa shape index (κ3) is 4.44. The molecule has 0 radical (unpaired) electrons. The number of ether oxygens (including phenoxy) is 2. The van der Waals surface area contributed by atoms with Crippen molar-refractivity contribution in [3.05, 3.63) is 53.3 Å². The van der Waals surface area contributed by atoms with Gasteiger partial charge in [0.25, 0.3) is 5.56 Å². The number of urea groups is 1. The molecular formula is C17H19N7O4. The van der Waals surface area contributed by atoms with Gasteiger partial charge in [0.15, 0.2) is 5.82 Å². The molecule has 3 rings (SSSR count). The molecule has 0 bridgehead atoms. The van der Waals surface area contributed by atoms with E-state index < -0.39 is 6.03 Å². The van der Waals surface area contributed by atoms with Crippen LogP contribution in [0.15, 0.2) is 47.8 Å². The van der Waals surface area contributed by atoms with E-state index >= 15 is 0 Å². The van der Waals surface area contributed by atoms with E-state index in [4.69, 9.17) is 9.47 Å². The van der Waals surface area contributed by atoms with E-state index in [2.05, 4.69) is 25.8 Å². The molecule has 2 aromatic heterocycles. The predicted octanol–water partition coefficient (Wildman–Crippen LogP) is 0.663. The van der Waals surface area contributed by atoms with Crippen molar-refractivity contribution in [3.63, 3.8) is 0 Å². The number of nitrogens with zero attached hydrogens (tertiary/aromatic N) is 5. The minimum Gasteiger partial charge on any atom is -0.497 e. The maximum atomic E-state index is 12.2. The topological polar surface area (TPSA) is 125 Å². The lowest BCUT2D eigenvalue weighted by Crippen LogP contribution is -2.34. The van der Waals surface area contributed by atoms with Gasteiger partial charge in [-0.2, -0.15) is 5.10 Å². The van der Waals surface area contributed by atoms with Crippen LogP contribution in [0.5, 0.6) is 11.5 Å². The zero-order valence-corrected chi connectivity index (χ0v) is 15.3. The predicted molar refractivity (Wildman–Crippen MR) is 100.0 cm³/mol. The molecule has 3 aromatic rings. The Hall–Kier alpha value is -3.89. The molecule has 0 saturated carbocycles. The maximum absolute atomic E-state index is 12.2. The Balaban J connectivity index is 1.60. The highest BCUT2D eigenvalue weighted by Gasteiger charge is 2.09. The fraction of sp³-hybridized carbons (Fsp3) is 0.235. The lowest BCUT2D eigenvalue weighted by molar-refractivity contribution is 0.251. The zero-order chi connectivity index (χ0) is 19.9. The second kappa shape index (κ2) is 8.66. The van der Waals surface area contributed by atoms with Crippen molar-refractivity contribution in [3.8, 4) is 17.3 Å². The minimum atomic E-state index is -0.452. The van der Waals surface area contributed by atoms with E-state index in [-0.39, 0.29) is 18.6 Å². The van der Waals surface area contributed by atoms with Crippen molar-refractivity contribution in [1.82, 2.24) is 29.9 Å². The normalized spacial score (nSPS) is 10.4. The van der Waals surface area contributed by atoms with Gasteiger partial charge in [0.2, 0.25) is 0 Å². The van der Waals surface area contributed by atoms with Crippen LogP contribution in [0.1, 0.15) is 0 Å². The first kappa shape index (κ1) is 18.9. The highest BCUT2D eigenvalue weighted by atomic mass is 16.5. The zero-order valence-electron chi connectivity index (χ0n) is 15.3. The molecule has 0 atom stereocenters. The van der Waals surface area contributed by atoms with Gasteiger partial charge in [0.05, 0.1) is 26.5 Å². The van der Waals surface area contributed by atoms with E-state index in [0.29, 0.717) is 23.0 Å². The summed E-state index contributed by atoms with van der Waals surface area (Å²) in [6.07, 6.45) is 2.85. The number of amides is 2. The molecule has 1 aromatic carbocycles. The molecule has 0 aliphatic carbocycles. The summed E-state index contributed by atoms with van der Waals surface area (Å²) >= 11 is 0. The van der Waals surface area contributed by atoms with Crippen molar-refractivity contribution in [2.75, 3.05) is 26.1 Å². The molecule has 11 nitrogen and oxygen atoms in total. The number of methoxy groups -OCH3 is 2. The largest absolute Gasteiger partial charge is 0.497 e. The van der Waals surface area contributed by atoms with Crippen LogP contribution in [0.3, 0.4) is 0 Å². The Labute approximate surface area is 159 Å². The Morgan fingerprint density at radius 3 is 2.75 bits per heavy atom. The Morgan fingerprint density at radius 2 is 2.04 bits per heavy atom. The lowest BCUT2D eigenvalue weighted by Gasteiger charge is -2.13. The van der Waals surface area contributed by atoms with Crippen LogP contribution in [0.25, 0.3) is 5.82 Å². The Morgan fingerprint density at radius 1 is 1.18 bits per heavy atom. The van der Waals surface area contributed by atoms with E-state index in [1.54, 1.807) is 24.3 Å². The number of nitrogens with one attached hydrogen (secondary N) is 2. The van der Waals surface area contributed by atoms with Crippen LogP contribution in [0.4, 0.5) is 10.5 Å². The van der Waals surface area contributed by atoms with Crippen LogP contribution in [-0.4, -0.2) is 51.3 Å². The Kier molecular flexibility index (Phi) is 5.84. The summed E-state index contributed by atoms with van der Waals surface area (Å²) in [5.74, 6) is 1.52. The first-order chi connectivity index (χ1) is 13.6. The van der Waals surface area contributed by atoms with Gasteiger partial charge in [-0.3, -0.25) is 4.79 Å². The van der Waals surface area contributed by atoms with Gasteiger partial charge in [0.1, 0.15) is 24.2 Å². The summed E-state index contributed by atoms with van der Waals surface area (Å²) in [4.78, 5) is 28.0. The van der Waals surface area contributed by atoms with Gasteiger partial charge >= 0.3 is 6.03 Å². The molecule has 0 saturated heterocycles. The van der Waals surface area contributed by atoms with Crippen molar-refractivity contribution in [2.24, 2.45) is 0 Å². The molecule has 0 aliphatic heterocycles. The third-order valence-electron chi connectivity index (χ3n) is 3.77. The van der Waals surface area contributed by atoms with Gasteiger partial charge in [0, 0.05) is 18.7 Å². The van der Waals surface area contributed by atoms with Crippen molar-refractivity contribution in [2.45, 2.75) is 6.54 Å². The molecule has 0 aliphatic rings. The number of anilines is 1. The van der Waals surface area contributed by atoms with E-state index in [0.717, 1.165) is 0 Å². The number of benzene rings is 1. The summed E-state index contributed by atoms with van der Waals surface area (Å²) in [7, 11) is 3.04. The number of carbonyl (C=O) groups excluding carboxylic acids is 1. The summed E-state index contributed by atoms with van der Waals surface area (Å²) < 4.78 is 13.0. The number of aromatic nitrogens is 5. The molecule has 2 amide bonds. The molecule has 0 spiro atoms. The molecule has 28 heavy (non-hydrogen) atoms. The minimum absolute atomic E-state index is 0.185. The maximum Gasteiger partial charge on any atom is 0.319 e. The monoisotopic (exact) mass is 385 g/mol. The van der Waals surface area contributed by atoms with E-state index in [1.807, 2.05) is 0 Å². The SMILES string of the molecule is COc1ccc(OC)c(NC(=O)NCCn2nc(-n3cncn3)ccc2=O)c1. The number of carbonyl (C=O) groups is 1. The number of hydrogen-bond acceptors (Lipinski definition) is 7. The van der Waals surface area contributed by atoms with Gasteiger partial charge in [-0.1, -0.05) is 0 Å². The van der Waals surface area contributed by atoms with Crippen molar-refractivity contribution < 1.29 is 14.3 Å². The highest BCUT2D eigenvalue weighted by molar-refractivity contribution is 5.91. The molecule has 2 N–H and O–H groups in total. The van der Waals surface area contributed by atoms with Gasteiger partial charge in [-0.05, 0) is 18.2 Å². The standard InChI is InChI=1S/C17H19N7O4/c1-27-12-3-4-14(28-2)13(9-12)21-17(26)19-7-8-23-16(25)6-5-15(22-23)24-11-18-10-20-24/h3-6,9-11H,7-8H2,1-2H3,(H2,19,21,26). The molecule has 146 valence electrons. The highest BCUT2D eigenvalue weighted by Crippen LogP contribution is 2.28. The first-order valence-corrected chi connectivity index (χ1v) is 8.31. The lowest BCUT2D eigenvalue weighted by atomic mass is 10.2. The van der Waals surface area contributed by atoms with Gasteiger partial charge in [-0.25, -0.2) is 19.1 Å². The summed E-state index contributed by atoms with van der Waals surface area (Å²) in [5.41, 5.74) is 0.170. The van der Waals surface area contributed by atoms with Crippen LogP contribution >= 0.6 is 0 Å². The fourth-order valence-corrected chi connectivity index (χ4v) is 2.40. The molecular weight excluding hydrogens is 366 g/mol. The van der Waals surface area contributed by atoms with Crippen LogP contribution in [0, 0.1) is 0 Å².